The van der Waals surface area contributed by atoms with Gasteiger partial charge >= 0.3 is 16.3 Å². The van der Waals surface area contributed by atoms with E-state index < -0.39 is 16.3 Å². The minimum Gasteiger partial charge on any atom is -0.465 e. The highest BCUT2D eigenvalue weighted by atomic mass is 32.2. The molecule has 0 heterocycles. The van der Waals surface area contributed by atoms with Crippen molar-refractivity contribution in [1.82, 2.24) is 0 Å². The number of ether oxygens (including phenoxy) is 1. The van der Waals surface area contributed by atoms with Crippen molar-refractivity contribution in [2.24, 2.45) is 5.14 Å². The summed E-state index contributed by atoms with van der Waals surface area (Å²) in [4.78, 5) is 11.4. The SMILES string of the molecule is COC(=O)c1ccc(C=C(C#N)c2ccc(OS(N)(=O)=O)cc2)cc1. The quantitative estimate of drug-likeness (QED) is 0.497. The van der Waals surface area contributed by atoms with Crippen LogP contribution in [0.4, 0.5) is 0 Å². The third-order valence-electron chi connectivity index (χ3n) is 3.14. The lowest BCUT2D eigenvalue weighted by Crippen LogP contribution is -2.18. The number of allylic oxidation sites excluding steroid dienone is 1. The number of esters is 1. The summed E-state index contributed by atoms with van der Waals surface area (Å²) in [6.07, 6.45) is 1.64. The Hall–Kier alpha value is -3.15. The van der Waals surface area contributed by atoms with Gasteiger partial charge in [0.15, 0.2) is 0 Å². The highest BCUT2D eigenvalue weighted by Gasteiger charge is 2.07. The Morgan fingerprint density at radius 3 is 2.12 bits per heavy atom. The van der Waals surface area contributed by atoms with Gasteiger partial charge in [-0.05, 0) is 53.6 Å². The Morgan fingerprint density at radius 2 is 1.64 bits per heavy atom. The molecule has 0 aromatic heterocycles. The Bertz CT molecular complexity index is 940. The molecular weight excluding hydrogens is 344 g/mol. The molecule has 0 aliphatic carbocycles. The smallest absolute Gasteiger partial charge is 0.380 e. The van der Waals surface area contributed by atoms with Gasteiger partial charge in [-0.2, -0.15) is 18.8 Å². The number of benzene rings is 2. The molecular formula is C17H14N2O5S. The maximum absolute atomic E-state index is 11.4. The molecule has 2 N–H and O–H groups in total. The van der Waals surface area contributed by atoms with Crippen molar-refractivity contribution in [3.63, 3.8) is 0 Å². The highest BCUT2D eigenvalue weighted by molar-refractivity contribution is 7.84. The zero-order valence-electron chi connectivity index (χ0n) is 13.2. The number of methoxy groups -OCH3 is 1. The second kappa shape index (κ2) is 7.61. The number of nitrogens with two attached hydrogens (primary N) is 1. The molecule has 25 heavy (non-hydrogen) atoms. The second-order valence-electron chi connectivity index (χ2n) is 4.88. The van der Waals surface area contributed by atoms with Gasteiger partial charge in [-0.15, -0.1) is 0 Å². The van der Waals surface area contributed by atoms with E-state index in [1.165, 1.54) is 19.2 Å². The first-order valence-corrected chi connectivity index (χ1v) is 8.42. The van der Waals surface area contributed by atoms with Gasteiger partial charge in [0.1, 0.15) is 5.75 Å². The number of nitriles is 1. The summed E-state index contributed by atoms with van der Waals surface area (Å²) < 4.78 is 30.9. The van der Waals surface area contributed by atoms with Gasteiger partial charge in [0.25, 0.3) is 0 Å². The fraction of sp³-hybridized carbons (Fsp3) is 0.0588. The molecule has 2 aromatic carbocycles. The van der Waals surface area contributed by atoms with Gasteiger partial charge in [0.2, 0.25) is 0 Å². The summed E-state index contributed by atoms with van der Waals surface area (Å²) >= 11 is 0. The molecule has 0 atom stereocenters. The summed E-state index contributed by atoms with van der Waals surface area (Å²) in [6, 6.07) is 14.5. The maximum Gasteiger partial charge on any atom is 0.380 e. The molecule has 0 aliphatic heterocycles. The number of carbonyl (C=O) groups excluding carboxylic acids is 1. The predicted octanol–water partition coefficient (Wildman–Crippen LogP) is 2.12. The van der Waals surface area contributed by atoms with Gasteiger partial charge < -0.3 is 8.92 Å². The van der Waals surface area contributed by atoms with Crippen molar-refractivity contribution < 1.29 is 22.1 Å². The van der Waals surface area contributed by atoms with Crippen LogP contribution in [-0.2, 0) is 15.0 Å². The minimum atomic E-state index is -4.10. The zero-order valence-corrected chi connectivity index (χ0v) is 14.0. The largest absolute Gasteiger partial charge is 0.465 e. The molecule has 0 amide bonds. The van der Waals surface area contributed by atoms with Crippen LogP contribution >= 0.6 is 0 Å². The predicted molar refractivity (Wildman–Crippen MR) is 91.4 cm³/mol. The Labute approximate surface area is 145 Å². The van der Waals surface area contributed by atoms with Crippen LogP contribution in [0.5, 0.6) is 5.75 Å². The Balaban J connectivity index is 2.25. The molecule has 0 saturated carbocycles. The third-order valence-corrected chi connectivity index (χ3v) is 3.57. The summed E-state index contributed by atoms with van der Waals surface area (Å²) in [5.74, 6) is -0.396. The molecule has 0 spiro atoms. The lowest BCUT2D eigenvalue weighted by atomic mass is 10.0. The first kappa shape index (κ1) is 18.2. The number of nitrogens with zero attached hydrogens (tertiary/aromatic N) is 1. The van der Waals surface area contributed by atoms with Crippen molar-refractivity contribution in [3.8, 4) is 11.8 Å². The number of hydrogen-bond acceptors (Lipinski definition) is 6. The first-order chi connectivity index (χ1) is 11.8. The van der Waals surface area contributed by atoms with Gasteiger partial charge in [0.05, 0.1) is 24.3 Å². The molecule has 2 aromatic rings. The van der Waals surface area contributed by atoms with Crippen LogP contribution in [0, 0.1) is 11.3 Å². The minimum absolute atomic E-state index is 0.0472. The summed E-state index contributed by atoms with van der Waals surface area (Å²) in [5, 5.41) is 14.1. The molecule has 2 rings (SSSR count). The average molecular weight is 358 g/mol. The van der Waals surface area contributed by atoms with Gasteiger partial charge in [-0.25, -0.2) is 4.79 Å². The molecule has 7 nitrogen and oxygen atoms in total. The van der Waals surface area contributed by atoms with Gasteiger partial charge in [-0.1, -0.05) is 12.1 Å². The molecule has 8 heteroatoms. The van der Waals surface area contributed by atoms with E-state index in [-0.39, 0.29) is 5.75 Å². The molecule has 0 aliphatic rings. The van der Waals surface area contributed by atoms with Crippen LogP contribution in [0.1, 0.15) is 21.5 Å². The normalized spacial score (nSPS) is 11.5. The molecule has 0 radical (unpaired) electrons. The van der Waals surface area contributed by atoms with Crippen LogP contribution in [-0.4, -0.2) is 21.5 Å². The van der Waals surface area contributed by atoms with Gasteiger partial charge in [0, 0.05) is 0 Å². The van der Waals surface area contributed by atoms with Crippen LogP contribution in [0.2, 0.25) is 0 Å². The second-order valence-corrected chi connectivity index (χ2v) is 6.04. The van der Waals surface area contributed by atoms with Crippen LogP contribution in [0.15, 0.2) is 48.5 Å². The fourth-order valence-corrected chi connectivity index (χ4v) is 2.38. The fourth-order valence-electron chi connectivity index (χ4n) is 2.00. The third kappa shape index (κ3) is 5.17. The van der Waals surface area contributed by atoms with Crippen molar-refractivity contribution in [3.05, 3.63) is 65.2 Å². The topological polar surface area (TPSA) is 119 Å². The standard InChI is InChI=1S/C17H14N2O5S/c1-23-17(20)14-4-2-12(3-5-14)10-15(11-18)13-6-8-16(9-7-13)24-25(19,21)22/h2-10H,1H3,(H2,19,21,22). The van der Waals surface area contributed by atoms with E-state index >= 15 is 0 Å². The van der Waals surface area contributed by atoms with Crippen molar-refractivity contribution in [2.45, 2.75) is 0 Å². The molecule has 0 fully saturated rings. The van der Waals surface area contributed by atoms with E-state index in [9.17, 15) is 18.5 Å². The molecule has 128 valence electrons. The van der Waals surface area contributed by atoms with E-state index in [2.05, 4.69) is 15.0 Å². The Kier molecular flexibility index (Phi) is 5.54. The van der Waals surface area contributed by atoms with E-state index in [1.54, 1.807) is 42.5 Å². The number of hydrogen-bond donors (Lipinski definition) is 1. The van der Waals surface area contributed by atoms with E-state index in [4.69, 9.17) is 5.14 Å². The zero-order chi connectivity index (χ0) is 18.4. The van der Waals surface area contributed by atoms with E-state index in [0.717, 1.165) is 0 Å². The van der Waals surface area contributed by atoms with Crippen LogP contribution in [0.25, 0.3) is 11.6 Å². The van der Waals surface area contributed by atoms with Crippen molar-refractivity contribution >= 4 is 27.9 Å². The summed E-state index contributed by atoms with van der Waals surface area (Å²) in [5.41, 5.74) is 2.05. The van der Waals surface area contributed by atoms with Crippen molar-refractivity contribution in [1.29, 1.82) is 5.26 Å². The molecule has 0 bridgehead atoms. The van der Waals surface area contributed by atoms with Gasteiger partial charge in [-0.3, -0.25) is 0 Å². The van der Waals surface area contributed by atoms with Crippen molar-refractivity contribution in [2.75, 3.05) is 7.11 Å². The first-order valence-electron chi connectivity index (χ1n) is 6.95. The molecule has 0 unspecified atom stereocenters. The highest BCUT2D eigenvalue weighted by Crippen LogP contribution is 2.21. The Morgan fingerprint density at radius 1 is 1.08 bits per heavy atom. The number of rotatable bonds is 5. The van der Waals surface area contributed by atoms with Crippen LogP contribution in [0.3, 0.4) is 0 Å². The average Bonchev–Trinajstić information content (AvgIpc) is 2.59. The molecule has 0 saturated heterocycles. The lowest BCUT2D eigenvalue weighted by molar-refractivity contribution is 0.0600. The monoisotopic (exact) mass is 358 g/mol. The summed E-state index contributed by atoms with van der Waals surface area (Å²) in [7, 11) is -2.80. The lowest BCUT2D eigenvalue weighted by Gasteiger charge is -2.04. The summed E-state index contributed by atoms with van der Waals surface area (Å²) in [6.45, 7) is 0. The number of carbonyl (C=O) groups is 1. The van der Waals surface area contributed by atoms with E-state index in [1.807, 2.05) is 0 Å². The van der Waals surface area contributed by atoms with Crippen LogP contribution < -0.4 is 9.32 Å². The van der Waals surface area contributed by atoms with E-state index in [0.29, 0.717) is 22.3 Å². The maximum atomic E-state index is 11.4.